The smallest absolute Gasteiger partial charge is 0.246 e. The Labute approximate surface area is 137 Å². The average Bonchev–Trinajstić information content (AvgIpc) is 2.59. The molecule has 23 heavy (non-hydrogen) atoms. The third-order valence-corrected chi connectivity index (χ3v) is 4.46. The minimum absolute atomic E-state index is 0.00597. The lowest BCUT2D eigenvalue weighted by Gasteiger charge is -2.37. The second-order valence-electron chi connectivity index (χ2n) is 6.22. The second kappa shape index (κ2) is 6.92. The van der Waals surface area contributed by atoms with E-state index in [9.17, 15) is 4.79 Å². The van der Waals surface area contributed by atoms with Crippen LogP contribution in [-0.2, 0) is 4.79 Å². The molecule has 120 valence electrons. The van der Waals surface area contributed by atoms with Gasteiger partial charge in [0.25, 0.3) is 0 Å². The van der Waals surface area contributed by atoms with Crippen LogP contribution in [0.15, 0.2) is 42.5 Å². The molecule has 1 aromatic carbocycles. The number of hydrogen-bond donors (Lipinski definition) is 1. The highest BCUT2D eigenvalue weighted by Gasteiger charge is 2.27. The normalized spacial score (nSPS) is 20.1. The molecule has 1 aromatic heterocycles. The van der Waals surface area contributed by atoms with Crippen LogP contribution in [0.2, 0.25) is 0 Å². The molecule has 4 heteroatoms. The number of carbonyl (C=O) groups is 1. The zero-order chi connectivity index (χ0) is 16.2. The molecule has 0 saturated carbocycles. The number of fused-ring (bicyclic) bond motifs is 1. The Balaban J connectivity index is 1.76. The van der Waals surface area contributed by atoms with Gasteiger partial charge in [-0.3, -0.25) is 4.79 Å². The SMILES string of the molecule is CC(N)C1CCCCN1C(=O)/C=C/c1ccc2ccccc2n1. The Kier molecular flexibility index (Phi) is 4.72. The van der Waals surface area contributed by atoms with Crippen LogP contribution in [0.1, 0.15) is 31.9 Å². The van der Waals surface area contributed by atoms with Gasteiger partial charge in [0.15, 0.2) is 0 Å². The summed E-state index contributed by atoms with van der Waals surface area (Å²) < 4.78 is 0. The summed E-state index contributed by atoms with van der Waals surface area (Å²) in [6.45, 7) is 2.77. The molecule has 1 aliphatic rings. The zero-order valence-electron chi connectivity index (χ0n) is 13.5. The van der Waals surface area contributed by atoms with E-state index < -0.39 is 0 Å². The van der Waals surface area contributed by atoms with Crippen molar-refractivity contribution in [3.05, 3.63) is 48.2 Å². The summed E-state index contributed by atoms with van der Waals surface area (Å²) in [6.07, 6.45) is 6.61. The average molecular weight is 309 g/mol. The molecular weight excluding hydrogens is 286 g/mol. The Morgan fingerprint density at radius 1 is 1.30 bits per heavy atom. The van der Waals surface area contributed by atoms with Gasteiger partial charge in [-0.25, -0.2) is 4.98 Å². The Morgan fingerprint density at radius 2 is 2.13 bits per heavy atom. The van der Waals surface area contributed by atoms with Crippen molar-refractivity contribution in [1.29, 1.82) is 0 Å². The number of carbonyl (C=O) groups excluding carboxylic acids is 1. The van der Waals surface area contributed by atoms with Crippen molar-refractivity contribution >= 4 is 22.9 Å². The molecular formula is C19H23N3O. The molecule has 1 aliphatic heterocycles. The van der Waals surface area contributed by atoms with Gasteiger partial charge in [-0.15, -0.1) is 0 Å². The van der Waals surface area contributed by atoms with Crippen molar-refractivity contribution in [3.8, 4) is 0 Å². The first kappa shape index (κ1) is 15.7. The van der Waals surface area contributed by atoms with Crippen LogP contribution in [0.5, 0.6) is 0 Å². The number of rotatable bonds is 3. The van der Waals surface area contributed by atoms with Gasteiger partial charge in [-0.2, -0.15) is 0 Å². The van der Waals surface area contributed by atoms with Crippen LogP contribution in [0.25, 0.3) is 17.0 Å². The fraction of sp³-hybridized carbons (Fsp3) is 0.368. The highest BCUT2D eigenvalue weighted by atomic mass is 16.2. The van der Waals surface area contributed by atoms with Gasteiger partial charge in [0, 0.05) is 30.1 Å². The van der Waals surface area contributed by atoms with Crippen molar-refractivity contribution in [2.24, 2.45) is 5.73 Å². The van der Waals surface area contributed by atoms with E-state index in [0.717, 1.165) is 42.4 Å². The molecule has 1 amide bonds. The fourth-order valence-electron chi connectivity index (χ4n) is 3.20. The van der Waals surface area contributed by atoms with Crippen LogP contribution in [0.4, 0.5) is 0 Å². The number of benzene rings is 1. The summed E-state index contributed by atoms with van der Waals surface area (Å²) in [5.41, 5.74) is 7.77. The maximum Gasteiger partial charge on any atom is 0.246 e. The standard InChI is InChI=1S/C19H23N3O/c1-14(20)18-8-4-5-13-22(18)19(23)12-11-16-10-9-15-6-2-3-7-17(15)21-16/h2-3,6-7,9-12,14,18H,4-5,8,13,20H2,1H3/b12-11+. The Bertz CT molecular complexity index is 723. The lowest BCUT2D eigenvalue weighted by atomic mass is 9.97. The maximum absolute atomic E-state index is 12.5. The predicted molar refractivity (Wildman–Crippen MR) is 93.8 cm³/mol. The van der Waals surface area contributed by atoms with E-state index in [-0.39, 0.29) is 18.0 Å². The van der Waals surface area contributed by atoms with E-state index in [1.54, 1.807) is 12.2 Å². The molecule has 1 saturated heterocycles. The minimum Gasteiger partial charge on any atom is -0.335 e. The molecule has 0 spiro atoms. The third-order valence-electron chi connectivity index (χ3n) is 4.46. The van der Waals surface area contributed by atoms with Crippen molar-refractivity contribution in [2.45, 2.75) is 38.3 Å². The van der Waals surface area contributed by atoms with Crippen molar-refractivity contribution in [3.63, 3.8) is 0 Å². The van der Waals surface area contributed by atoms with Gasteiger partial charge in [0.2, 0.25) is 5.91 Å². The number of para-hydroxylation sites is 1. The summed E-state index contributed by atoms with van der Waals surface area (Å²) in [6, 6.07) is 12.1. The molecule has 2 N–H and O–H groups in total. The second-order valence-corrected chi connectivity index (χ2v) is 6.22. The van der Waals surface area contributed by atoms with Crippen LogP contribution in [-0.4, -0.2) is 34.4 Å². The van der Waals surface area contributed by atoms with Gasteiger partial charge in [0.1, 0.15) is 0 Å². The highest BCUT2D eigenvalue weighted by Crippen LogP contribution is 2.20. The fourth-order valence-corrected chi connectivity index (χ4v) is 3.20. The monoisotopic (exact) mass is 309 g/mol. The molecule has 2 atom stereocenters. The van der Waals surface area contributed by atoms with E-state index in [0.29, 0.717) is 0 Å². The first-order chi connectivity index (χ1) is 11.1. The van der Waals surface area contributed by atoms with Gasteiger partial charge >= 0.3 is 0 Å². The molecule has 2 heterocycles. The topological polar surface area (TPSA) is 59.2 Å². The van der Waals surface area contributed by atoms with Crippen molar-refractivity contribution < 1.29 is 4.79 Å². The first-order valence-electron chi connectivity index (χ1n) is 8.25. The molecule has 4 nitrogen and oxygen atoms in total. The largest absolute Gasteiger partial charge is 0.335 e. The predicted octanol–water partition coefficient (Wildman–Crippen LogP) is 2.98. The number of aromatic nitrogens is 1. The summed E-state index contributed by atoms with van der Waals surface area (Å²) in [5, 5.41) is 1.10. The number of pyridine rings is 1. The first-order valence-corrected chi connectivity index (χ1v) is 8.25. The van der Waals surface area contributed by atoms with Crippen LogP contribution in [0, 0.1) is 0 Å². The number of likely N-dealkylation sites (tertiary alicyclic amines) is 1. The number of piperidine rings is 1. The Morgan fingerprint density at radius 3 is 2.96 bits per heavy atom. The van der Waals surface area contributed by atoms with E-state index in [4.69, 9.17) is 5.73 Å². The number of nitrogens with zero attached hydrogens (tertiary/aromatic N) is 2. The lowest BCUT2D eigenvalue weighted by molar-refractivity contribution is -0.129. The number of nitrogens with two attached hydrogens (primary N) is 1. The summed E-state index contributed by atoms with van der Waals surface area (Å²) >= 11 is 0. The Hall–Kier alpha value is -2.20. The quantitative estimate of drug-likeness (QED) is 0.887. The molecule has 0 aliphatic carbocycles. The number of hydrogen-bond acceptors (Lipinski definition) is 3. The van der Waals surface area contributed by atoms with E-state index in [1.807, 2.05) is 48.2 Å². The number of amides is 1. The summed E-state index contributed by atoms with van der Waals surface area (Å²) in [5.74, 6) is 0.0296. The summed E-state index contributed by atoms with van der Waals surface area (Å²) in [7, 11) is 0. The van der Waals surface area contributed by atoms with Gasteiger partial charge in [0.05, 0.1) is 11.2 Å². The van der Waals surface area contributed by atoms with Crippen LogP contribution in [0.3, 0.4) is 0 Å². The van der Waals surface area contributed by atoms with E-state index in [1.165, 1.54) is 0 Å². The van der Waals surface area contributed by atoms with Gasteiger partial charge in [-0.1, -0.05) is 24.3 Å². The zero-order valence-corrected chi connectivity index (χ0v) is 13.5. The lowest BCUT2D eigenvalue weighted by Crippen LogP contribution is -2.51. The van der Waals surface area contributed by atoms with Crippen LogP contribution >= 0.6 is 0 Å². The maximum atomic E-state index is 12.5. The molecule has 0 bridgehead atoms. The molecule has 3 rings (SSSR count). The van der Waals surface area contributed by atoms with Crippen LogP contribution < -0.4 is 5.73 Å². The van der Waals surface area contributed by atoms with Crippen molar-refractivity contribution in [2.75, 3.05) is 6.54 Å². The van der Waals surface area contributed by atoms with E-state index >= 15 is 0 Å². The summed E-state index contributed by atoms with van der Waals surface area (Å²) in [4.78, 5) is 19.0. The molecule has 2 unspecified atom stereocenters. The van der Waals surface area contributed by atoms with E-state index in [2.05, 4.69) is 4.98 Å². The highest BCUT2D eigenvalue weighted by molar-refractivity contribution is 5.92. The molecule has 2 aromatic rings. The third kappa shape index (κ3) is 3.59. The molecule has 0 radical (unpaired) electrons. The van der Waals surface area contributed by atoms with Gasteiger partial charge in [-0.05, 0) is 44.4 Å². The molecule has 1 fully saturated rings. The van der Waals surface area contributed by atoms with Crippen molar-refractivity contribution in [1.82, 2.24) is 9.88 Å². The minimum atomic E-state index is 0.00597. The van der Waals surface area contributed by atoms with Gasteiger partial charge < -0.3 is 10.6 Å².